The van der Waals surface area contributed by atoms with Crippen LogP contribution in [-0.4, -0.2) is 40.3 Å². The molecule has 2 fully saturated rings. The first-order valence-corrected chi connectivity index (χ1v) is 11.4. The molecule has 1 saturated heterocycles. The number of hydrogen-bond donors (Lipinski definition) is 1. The topological polar surface area (TPSA) is 107 Å². The van der Waals surface area contributed by atoms with Gasteiger partial charge in [0.25, 0.3) is 5.91 Å². The molecule has 5 rings (SSSR count). The van der Waals surface area contributed by atoms with Gasteiger partial charge in [-0.05, 0) is 68.5 Å². The molecule has 1 aliphatic carbocycles. The van der Waals surface area contributed by atoms with Crippen molar-refractivity contribution in [2.45, 2.75) is 49.9 Å². The minimum atomic E-state index is -4.88. The number of anilines is 2. The van der Waals surface area contributed by atoms with Gasteiger partial charge in [0, 0.05) is 11.3 Å². The molecular formula is C25H21F3N4O4. The molecule has 1 N–H and O–H groups in total. The van der Waals surface area contributed by atoms with Gasteiger partial charge in [-0.2, -0.15) is 18.4 Å². The Balaban J connectivity index is 1.49. The Bertz CT molecular complexity index is 1300. The van der Waals surface area contributed by atoms with Gasteiger partial charge in [0.15, 0.2) is 5.69 Å². The Morgan fingerprint density at radius 2 is 1.92 bits per heavy atom. The number of allylic oxidation sites excluding steroid dienone is 1. The summed E-state index contributed by atoms with van der Waals surface area (Å²) in [4.78, 5) is 32.6. The number of rotatable bonds is 4. The molecule has 1 unspecified atom stereocenters. The number of carbonyl (C=O) groups excluding carboxylic acids is 2. The number of carbonyl (C=O) groups is 2. The van der Waals surface area contributed by atoms with Crippen LogP contribution in [0.3, 0.4) is 0 Å². The molecule has 1 aromatic carbocycles. The lowest BCUT2D eigenvalue weighted by Gasteiger charge is -2.42. The average Bonchev–Trinajstić information content (AvgIpc) is 3.10. The van der Waals surface area contributed by atoms with Crippen molar-refractivity contribution >= 4 is 29.1 Å². The summed E-state index contributed by atoms with van der Waals surface area (Å²) in [5, 5.41) is 18.4. The maximum atomic E-state index is 13.5. The quantitative estimate of drug-likeness (QED) is 0.627. The molecule has 2 aromatic rings. The van der Waals surface area contributed by atoms with E-state index in [2.05, 4.69) is 4.98 Å². The van der Waals surface area contributed by atoms with E-state index in [0.29, 0.717) is 43.2 Å². The van der Waals surface area contributed by atoms with Gasteiger partial charge in [-0.25, -0.2) is 14.7 Å². The molecule has 1 saturated carbocycles. The van der Waals surface area contributed by atoms with Gasteiger partial charge in [-0.1, -0.05) is 0 Å². The highest BCUT2D eigenvalue weighted by molar-refractivity contribution is 6.30. The van der Waals surface area contributed by atoms with Crippen LogP contribution in [0.5, 0.6) is 0 Å². The standard InChI is InChI=1S/C25H21F3N4O4/c26-25(27,28)19-11-17(13-30-20(19)12-29)31-22(34)24(9-2-10-24)32(23(31)35)16-7-5-15(6-8-16)21-4-1-3-18(14-33)36-21/h4-8,11,13,18,33H,1-3,9-10,14H2. The van der Waals surface area contributed by atoms with Gasteiger partial charge in [0.05, 0.1) is 24.1 Å². The Labute approximate surface area is 204 Å². The summed E-state index contributed by atoms with van der Waals surface area (Å²) in [6.45, 7) is -0.0988. The fourth-order valence-electron chi connectivity index (χ4n) is 4.87. The van der Waals surface area contributed by atoms with E-state index < -0.39 is 34.9 Å². The van der Waals surface area contributed by atoms with Gasteiger partial charge >= 0.3 is 12.2 Å². The number of aliphatic hydroxyl groups is 1. The van der Waals surface area contributed by atoms with Crippen LogP contribution >= 0.6 is 0 Å². The predicted molar refractivity (Wildman–Crippen MR) is 122 cm³/mol. The third-order valence-electron chi connectivity index (χ3n) is 6.86. The van der Waals surface area contributed by atoms with E-state index in [4.69, 9.17) is 10.00 Å². The molecule has 0 bridgehead atoms. The molecule has 3 amide bonds. The number of nitrogens with zero attached hydrogens (tertiary/aromatic N) is 4. The lowest BCUT2D eigenvalue weighted by molar-refractivity contribution is -0.138. The summed E-state index contributed by atoms with van der Waals surface area (Å²) >= 11 is 0. The number of alkyl halides is 3. The van der Waals surface area contributed by atoms with Crippen molar-refractivity contribution in [3.8, 4) is 6.07 Å². The monoisotopic (exact) mass is 498 g/mol. The maximum Gasteiger partial charge on any atom is 0.419 e. The second-order valence-corrected chi connectivity index (χ2v) is 8.96. The number of pyridine rings is 1. The van der Waals surface area contributed by atoms with E-state index in [1.807, 2.05) is 6.08 Å². The molecule has 186 valence electrons. The van der Waals surface area contributed by atoms with Gasteiger partial charge in [0.1, 0.15) is 23.5 Å². The summed E-state index contributed by atoms with van der Waals surface area (Å²) in [5.74, 6) is -0.00874. The van der Waals surface area contributed by atoms with E-state index in [1.165, 1.54) is 11.0 Å². The Kier molecular flexibility index (Phi) is 5.71. The van der Waals surface area contributed by atoms with Crippen molar-refractivity contribution in [2.75, 3.05) is 16.4 Å². The zero-order valence-corrected chi connectivity index (χ0v) is 19.0. The predicted octanol–water partition coefficient (Wildman–Crippen LogP) is 4.38. The van der Waals surface area contributed by atoms with Crippen molar-refractivity contribution in [3.63, 3.8) is 0 Å². The van der Waals surface area contributed by atoms with Crippen LogP contribution in [0.15, 0.2) is 42.6 Å². The Morgan fingerprint density at radius 3 is 2.50 bits per heavy atom. The molecule has 0 radical (unpaired) electrons. The van der Waals surface area contributed by atoms with Crippen LogP contribution in [0.1, 0.15) is 48.9 Å². The zero-order chi connectivity index (χ0) is 25.7. The highest BCUT2D eigenvalue weighted by atomic mass is 19.4. The Hall–Kier alpha value is -3.91. The van der Waals surface area contributed by atoms with Crippen LogP contribution in [-0.2, 0) is 15.7 Å². The van der Waals surface area contributed by atoms with Crippen LogP contribution in [0, 0.1) is 11.3 Å². The summed E-state index contributed by atoms with van der Waals surface area (Å²) in [6.07, 6.45) is 0.565. The number of halogens is 3. The second kappa shape index (κ2) is 8.64. The van der Waals surface area contributed by atoms with E-state index in [1.54, 1.807) is 24.3 Å². The maximum absolute atomic E-state index is 13.5. The third-order valence-corrected chi connectivity index (χ3v) is 6.86. The van der Waals surface area contributed by atoms with Crippen molar-refractivity contribution in [1.82, 2.24) is 4.98 Å². The first-order valence-electron chi connectivity index (χ1n) is 11.4. The van der Waals surface area contributed by atoms with Crippen LogP contribution in [0.2, 0.25) is 0 Å². The molecule has 1 atom stereocenters. The molecule has 36 heavy (non-hydrogen) atoms. The lowest BCUT2D eigenvalue weighted by Crippen LogP contribution is -2.55. The van der Waals surface area contributed by atoms with Crippen LogP contribution in [0.4, 0.5) is 29.3 Å². The lowest BCUT2D eigenvalue weighted by atomic mass is 9.75. The highest BCUT2D eigenvalue weighted by Crippen LogP contribution is 2.48. The van der Waals surface area contributed by atoms with E-state index in [0.717, 1.165) is 23.1 Å². The molecule has 11 heteroatoms. The van der Waals surface area contributed by atoms with Crippen molar-refractivity contribution < 1.29 is 32.6 Å². The number of nitriles is 1. The molecule has 3 aliphatic rings. The largest absolute Gasteiger partial charge is 0.488 e. The van der Waals surface area contributed by atoms with Crippen molar-refractivity contribution in [1.29, 1.82) is 5.26 Å². The summed E-state index contributed by atoms with van der Waals surface area (Å²) in [6, 6.07) is 8.03. The fraction of sp³-hybridized carbons (Fsp3) is 0.360. The highest BCUT2D eigenvalue weighted by Gasteiger charge is 2.61. The summed E-state index contributed by atoms with van der Waals surface area (Å²) in [7, 11) is 0. The van der Waals surface area contributed by atoms with E-state index in [9.17, 15) is 27.9 Å². The van der Waals surface area contributed by atoms with Crippen LogP contribution < -0.4 is 9.80 Å². The summed E-state index contributed by atoms with van der Waals surface area (Å²) < 4.78 is 46.2. The second-order valence-electron chi connectivity index (χ2n) is 8.96. The number of imide groups is 1. The number of urea groups is 1. The SMILES string of the molecule is N#Cc1ncc(N2C(=O)N(c3ccc(C4=CCCC(CO)O4)cc3)C3(CCC3)C2=O)cc1C(F)(F)F. The number of aromatic nitrogens is 1. The molecule has 1 spiro atoms. The van der Waals surface area contributed by atoms with E-state index >= 15 is 0 Å². The fourth-order valence-corrected chi connectivity index (χ4v) is 4.87. The third kappa shape index (κ3) is 3.69. The minimum Gasteiger partial charge on any atom is -0.488 e. The number of hydrogen-bond acceptors (Lipinski definition) is 6. The average molecular weight is 498 g/mol. The molecule has 1 aromatic heterocycles. The summed E-state index contributed by atoms with van der Waals surface area (Å²) in [5.41, 5.74) is -2.51. The normalized spacial score (nSPS) is 21.2. The zero-order valence-electron chi connectivity index (χ0n) is 19.0. The number of ether oxygens (including phenoxy) is 1. The minimum absolute atomic E-state index is 0.0988. The Morgan fingerprint density at radius 1 is 1.19 bits per heavy atom. The molecular weight excluding hydrogens is 477 g/mol. The van der Waals surface area contributed by atoms with E-state index in [-0.39, 0.29) is 18.4 Å². The van der Waals surface area contributed by atoms with Crippen molar-refractivity contribution in [2.24, 2.45) is 0 Å². The number of amides is 3. The van der Waals surface area contributed by atoms with Crippen LogP contribution in [0.25, 0.3) is 5.76 Å². The molecule has 3 heterocycles. The first kappa shape index (κ1) is 23.8. The van der Waals surface area contributed by atoms with Gasteiger partial charge < -0.3 is 9.84 Å². The first-order chi connectivity index (χ1) is 17.2. The number of benzene rings is 1. The van der Waals surface area contributed by atoms with Crippen molar-refractivity contribution in [3.05, 3.63) is 59.4 Å². The molecule has 8 nitrogen and oxygen atoms in total. The van der Waals surface area contributed by atoms with Gasteiger partial charge in [0.2, 0.25) is 0 Å². The smallest absolute Gasteiger partial charge is 0.419 e. The number of aliphatic hydroxyl groups excluding tert-OH is 1. The van der Waals surface area contributed by atoms with Gasteiger partial charge in [-0.3, -0.25) is 9.69 Å². The molecule has 2 aliphatic heterocycles. The van der Waals surface area contributed by atoms with Gasteiger partial charge in [-0.15, -0.1) is 0 Å².